The van der Waals surface area contributed by atoms with Crippen LogP contribution in [0.15, 0.2) is 9.21 Å². The molecule has 10 nitrogen and oxygen atoms in total. The molecular weight excluding hydrogens is 407 g/mol. The maximum absolute atomic E-state index is 13.2. The van der Waals surface area contributed by atoms with Gasteiger partial charge in [-0.2, -0.15) is 0 Å². The molecule has 0 aromatic carbocycles. The van der Waals surface area contributed by atoms with Crippen molar-refractivity contribution in [3.8, 4) is 11.6 Å². The van der Waals surface area contributed by atoms with Crippen LogP contribution in [0.4, 0.5) is 11.8 Å². The fourth-order valence-corrected chi connectivity index (χ4v) is 5.12. The van der Waals surface area contributed by atoms with Gasteiger partial charge in [0.05, 0.1) is 5.69 Å². The maximum Gasteiger partial charge on any atom is 0.315 e. The minimum Gasteiger partial charge on any atom is -0.401 e. The predicted molar refractivity (Wildman–Crippen MR) is 128 cm³/mol. The van der Waals surface area contributed by atoms with Crippen LogP contribution in [-0.4, -0.2) is 88.8 Å². The number of hydrogen-bond acceptors (Lipinski definition) is 9. The minimum atomic E-state index is -0.219. The van der Waals surface area contributed by atoms with E-state index in [1.807, 2.05) is 20.9 Å². The number of rotatable bonds is 6. The summed E-state index contributed by atoms with van der Waals surface area (Å²) in [5.74, 6) is 1.03. The average molecular weight is 442 g/mol. The zero-order chi connectivity index (χ0) is 22.8. The van der Waals surface area contributed by atoms with Crippen LogP contribution in [0.2, 0.25) is 0 Å². The van der Waals surface area contributed by atoms with Gasteiger partial charge in [-0.05, 0) is 46.2 Å². The van der Waals surface area contributed by atoms with Crippen LogP contribution in [-0.2, 0) is 7.05 Å². The van der Waals surface area contributed by atoms with E-state index in [-0.39, 0.29) is 17.1 Å². The highest BCUT2D eigenvalue weighted by atomic mass is 16.4. The SMILES string of the molecule is BN1CCC(N2CCN(c3c(C)nc(-c4nnc(NCC)o4)c(=O)n3C)C[C@@H]2CC)CC1. The molecule has 32 heavy (non-hydrogen) atoms. The highest BCUT2D eigenvalue weighted by Gasteiger charge is 2.34. The number of aromatic nitrogens is 4. The third-order valence-electron chi connectivity index (χ3n) is 6.84. The number of hydrogen-bond donors (Lipinski definition) is 1. The quantitative estimate of drug-likeness (QED) is 0.641. The van der Waals surface area contributed by atoms with Gasteiger partial charge in [-0.3, -0.25) is 14.3 Å². The van der Waals surface area contributed by atoms with Crippen molar-refractivity contribution in [2.45, 2.75) is 52.1 Å². The lowest BCUT2D eigenvalue weighted by Crippen LogP contribution is -2.59. The predicted octanol–water partition coefficient (Wildman–Crippen LogP) is 0.484. The Labute approximate surface area is 190 Å². The van der Waals surface area contributed by atoms with E-state index in [0.717, 1.165) is 37.6 Å². The van der Waals surface area contributed by atoms with Gasteiger partial charge < -0.3 is 19.4 Å². The molecule has 2 fully saturated rings. The number of piperazine rings is 1. The van der Waals surface area contributed by atoms with Crippen LogP contribution in [0, 0.1) is 6.92 Å². The molecule has 2 aromatic heterocycles. The second-order valence-electron chi connectivity index (χ2n) is 8.96. The van der Waals surface area contributed by atoms with Gasteiger partial charge in [-0.15, -0.1) is 5.10 Å². The van der Waals surface area contributed by atoms with E-state index in [0.29, 0.717) is 24.6 Å². The van der Waals surface area contributed by atoms with E-state index in [9.17, 15) is 4.79 Å². The Hall–Kier alpha value is -2.40. The smallest absolute Gasteiger partial charge is 0.315 e. The first-order chi connectivity index (χ1) is 15.4. The van der Waals surface area contributed by atoms with Gasteiger partial charge in [0.25, 0.3) is 11.4 Å². The average Bonchev–Trinajstić information content (AvgIpc) is 3.25. The third kappa shape index (κ3) is 4.40. The topological polar surface area (TPSA) is 95.6 Å². The van der Waals surface area contributed by atoms with Crippen molar-refractivity contribution in [2.75, 3.05) is 49.5 Å². The lowest BCUT2D eigenvalue weighted by Gasteiger charge is -2.48. The third-order valence-corrected chi connectivity index (χ3v) is 6.84. The first-order valence-electron chi connectivity index (χ1n) is 11.8. The van der Waals surface area contributed by atoms with Crippen LogP contribution in [0.1, 0.15) is 38.8 Å². The molecule has 2 saturated heterocycles. The minimum absolute atomic E-state index is 0.148. The van der Waals surface area contributed by atoms with Gasteiger partial charge in [0.15, 0.2) is 13.7 Å². The molecule has 0 unspecified atom stereocenters. The normalized spacial score (nSPS) is 21.2. The van der Waals surface area contributed by atoms with Crippen molar-refractivity contribution >= 4 is 19.8 Å². The largest absolute Gasteiger partial charge is 0.401 e. The lowest BCUT2D eigenvalue weighted by atomic mass is 9.96. The molecule has 2 aliphatic rings. The van der Waals surface area contributed by atoms with Crippen LogP contribution in [0.25, 0.3) is 11.6 Å². The molecular formula is C21H35BN8O2. The van der Waals surface area contributed by atoms with E-state index in [1.54, 1.807) is 4.57 Å². The van der Waals surface area contributed by atoms with Crippen molar-refractivity contribution in [1.82, 2.24) is 29.5 Å². The Bertz CT molecular complexity index is 985. The van der Waals surface area contributed by atoms with Gasteiger partial charge in [0, 0.05) is 45.3 Å². The Morgan fingerprint density at radius 1 is 1.16 bits per heavy atom. The monoisotopic (exact) mass is 442 g/mol. The summed E-state index contributed by atoms with van der Waals surface area (Å²) >= 11 is 0. The summed E-state index contributed by atoms with van der Waals surface area (Å²) in [6.45, 7) is 12.0. The first kappa shape index (κ1) is 22.8. The molecule has 0 amide bonds. The summed E-state index contributed by atoms with van der Waals surface area (Å²) in [6, 6.07) is 1.43. The molecule has 0 bridgehead atoms. The first-order valence-corrected chi connectivity index (χ1v) is 11.8. The van der Waals surface area contributed by atoms with E-state index < -0.39 is 0 Å². The highest BCUT2D eigenvalue weighted by molar-refractivity contribution is 6.04. The summed E-state index contributed by atoms with van der Waals surface area (Å²) < 4.78 is 7.26. The molecule has 0 aliphatic carbocycles. The maximum atomic E-state index is 13.2. The number of piperidine rings is 1. The fraction of sp³-hybridized carbons (Fsp3) is 0.714. The highest BCUT2D eigenvalue weighted by Crippen LogP contribution is 2.27. The van der Waals surface area contributed by atoms with Crippen molar-refractivity contribution in [1.29, 1.82) is 0 Å². The number of aryl methyl sites for hydroxylation is 1. The van der Waals surface area contributed by atoms with Crippen molar-refractivity contribution in [3.05, 3.63) is 16.0 Å². The number of anilines is 2. The fourth-order valence-electron chi connectivity index (χ4n) is 5.12. The molecule has 174 valence electrons. The molecule has 4 rings (SSSR count). The summed E-state index contributed by atoms with van der Waals surface area (Å²) in [6.07, 6.45) is 3.57. The lowest BCUT2D eigenvalue weighted by molar-refractivity contribution is 0.0807. The van der Waals surface area contributed by atoms with E-state index in [2.05, 4.69) is 50.0 Å². The van der Waals surface area contributed by atoms with Gasteiger partial charge >= 0.3 is 6.01 Å². The van der Waals surface area contributed by atoms with Crippen LogP contribution < -0.4 is 15.8 Å². The summed E-state index contributed by atoms with van der Waals surface area (Å²) in [4.78, 5) is 25.2. The Morgan fingerprint density at radius 3 is 2.59 bits per heavy atom. The van der Waals surface area contributed by atoms with Crippen LogP contribution in [0.3, 0.4) is 0 Å². The Kier molecular flexibility index (Phi) is 6.85. The van der Waals surface area contributed by atoms with E-state index >= 15 is 0 Å². The van der Waals surface area contributed by atoms with E-state index in [1.165, 1.54) is 25.9 Å². The molecule has 1 N–H and O–H groups in total. The molecule has 11 heteroatoms. The van der Waals surface area contributed by atoms with Gasteiger partial charge in [0.2, 0.25) is 0 Å². The van der Waals surface area contributed by atoms with E-state index in [4.69, 9.17) is 4.42 Å². The van der Waals surface area contributed by atoms with Crippen LogP contribution in [0.5, 0.6) is 0 Å². The summed E-state index contributed by atoms with van der Waals surface area (Å²) in [7, 11) is 4.02. The van der Waals surface area contributed by atoms with Gasteiger partial charge in [-0.1, -0.05) is 12.0 Å². The Morgan fingerprint density at radius 2 is 1.91 bits per heavy atom. The molecule has 0 saturated carbocycles. The van der Waals surface area contributed by atoms with Gasteiger partial charge in [0.1, 0.15) is 5.82 Å². The second-order valence-corrected chi connectivity index (χ2v) is 8.96. The second kappa shape index (κ2) is 9.62. The van der Waals surface area contributed by atoms with Gasteiger partial charge in [-0.25, -0.2) is 4.98 Å². The molecule has 2 aromatic rings. The summed E-state index contributed by atoms with van der Waals surface area (Å²) in [5.41, 5.74) is 0.776. The number of nitrogens with zero attached hydrogens (tertiary/aromatic N) is 7. The zero-order valence-electron chi connectivity index (χ0n) is 20.0. The van der Waals surface area contributed by atoms with Crippen molar-refractivity contribution in [2.24, 2.45) is 7.05 Å². The summed E-state index contributed by atoms with van der Waals surface area (Å²) in [5, 5.41) is 10.9. The molecule has 2 aliphatic heterocycles. The molecule has 0 radical (unpaired) electrons. The standard InChI is InChI=1S/C21H35BN8O2/c1-5-15-13-28(11-12-30(15)16-7-9-29(22)10-8-16)19-14(3)24-17(20(31)27(19)4)18-25-26-21(32-18)23-6-2/h15-16H,5-13,22H2,1-4H3,(H,23,26)/t15-/m0/s1. The zero-order valence-corrected chi connectivity index (χ0v) is 20.0. The molecule has 1 atom stereocenters. The molecule has 0 spiro atoms. The van der Waals surface area contributed by atoms with Crippen LogP contribution >= 0.6 is 0 Å². The number of nitrogens with one attached hydrogen (secondary N) is 1. The molecule has 4 heterocycles. The Balaban J connectivity index is 1.56. The van der Waals surface area contributed by atoms with Crippen molar-refractivity contribution < 1.29 is 4.42 Å². The van der Waals surface area contributed by atoms with Crippen molar-refractivity contribution in [3.63, 3.8) is 0 Å².